The summed E-state index contributed by atoms with van der Waals surface area (Å²) in [7, 11) is -1.50. The highest BCUT2D eigenvalue weighted by molar-refractivity contribution is 6.69. The van der Waals surface area contributed by atoms with Gasteiger partial charge in [0.1, 0.15) is 0 Å². The predicted molar refractivity (Wildman–Crippen MR) is 59.9 cm³/mol. The Balaban J connectivity index is 3.80. The highest BCUT2D eigenvalue weighted by atomic mass is 28.4. The summed E-state index contributed by atoms with van der Waals surface area (Å²) >= 11 is 0. The van der Waals surface area contributed by atoms with E-state index in [2.05, 4.69) is 26.2 Å². The Morgan fingerprint density at radius 3 is 2.36 bits per heavy atom. The molecular weight excluding hydrogens is 196 g/mol. The Labute approximate surface area is 86.9 Å². The van der Waals surface area contributed by atoms with Crippen molar-refractivity contribution in [2.45, 2.75) is 45.5 Å². The molecule has 0 radical (unpaired) electrons. The molecule has 1 atom stereocenters. The maximum Gasteiger partial charge on any atom is 0.330 e. The minimum absolute atomic E-state index is 0.123. The molecule has 0 aromatic carbocycles. The van der Waals surface area contributed by atoms with Gasteiger partial charge in [-0.3, -0.25) is 0 Å². The molecule has 0 heterocycles. The van der Waals surface area contributed by atoms with Crippen molar-refractivity contribution < 1.29 is 14.3 Å². The van der Waals surface area contributed by atoms with Crippen LogP contribution in [0.2, 0.25) is 19.6 Å². The van der Waals surface area contributed by atoms with Gasteiger partial charge in [-0.1, -0.05) is 6.58 Å². The predicted octanol–water partition coefficient (Wildman–Crippen LogP) is 2.65. The Bertz CT molecular complexity index is 218. The minimum atomic E-state index is -1.50. The minimum Gasteiger partial charge on any atom is -0.478 e. The van der Waals surface area contributed by atoms with E-state index in [1.807, 2.05) is 6.92 Å². The number of carboxylic acids is 1. The Hall–Kier alpha value is -0.613. The maximum atomic E-state index is 10.5. The molecule has 0 fully saturated rings. The summed E-state index contributed by atoms with van der Waals surface area (Å²) < 4.78 is 5.77. The van der Waals surface area contributed by atoms with E-state index >= 15 is 0 Å². The molecule has 0 spiro atoms. The van der Waals surface area contributed by atoms with E-state index in [1.54, 1.807) is 0 Å². The lowest BCUT2D eigenvalue weighted by atomic mass is 10.1. The fourth-order valence-electron chi connectivity index (χ4n) is 1.15. The van der Waals surface area contributed by atoms with Crippen LogP contribution in [-0.2, 0) is 9.22 Å². The van der Waals surface area contributed by atoms with Crippen LogP contribution in [0.3, 0.4) is 0 Å². The Morgan fingerprint density at radius 1 is 1.50 bits per heavy atom. The third-order valence-electron chi connectivity index (χ3n) is 1.71. The van der Waals surface area contributed by atoms with Gasteiger partial charge in [0.25, 0.3) is 0 Å². The fourth-order valence-corrected chi connectivity index (χ4v) is 2.47. The first kappa shape index (κ1) is 13.4. The molecule has 1 unspecified atom stereocenters. The van der Waals surface area contributed by atoms with Crippen molar-refractivity contribution in [2.75, 3.05) is 0 Å². The molecule has 0 bridgehead atoms. The molecule has 0 aromatic rings. The van der Waals surface area contributed by atoms with Gasteiger partial charge in [-0.2, -0.15) is 0 Å². The van der Waals surface area contributed by atoms with Crippen LogP contribution >= 0.6 is 0 Å². The molecule has 1 N–H and O–H groups in total. The summed E-state index contributed by atoms with van der Waals surface area (Å²) in [6.07, 6.45) is 1.36. The second kappa shape index (κ2) is 5.31. The lowest BCUT2D eigenvalue weighted by Crippen LogP contribution is -2.30. The van der Waals surface area contributed by atoms with Crippen molar-refractivity contribution >= 4 is 14.3 Å². The smallest absolute Gasteiger partial charge is 0.330 e. The summed E-state index contributed by atoms with van der Waals surface area (Å²) in [4.78, 5) is 10.5. The van der Waals surface area contributed by atoms with Crippen molar-refractivity contribution in [3.8, 4) is 0 Å². The van der Waals surface area contributed by atoms with Gasteiger partial charge in [-0.15, -0.1) is 0 Å². The summed E-state index contributed by atoms with van der Waals surface area (Å²) in [6.45, 7) is 11.8. The standard InChI is InChI=1S/C10H20O3Si/c1-8(10(11)12)6-7-9(2)13-14(3,4)5/h9H,1,6-7H2,2-5H3,(H,11,12). The monoisotopic (exact) mass is 216 g/mol. The number of hydrogen-bond donors (Lipinski definition) is 1. The molecule has 0 saturated carbocycles. The second-order valence-corrected chi connectivity index (χ2v) is 8.95. The number of hydrogen-bond acceptors (Lipinski definition) is 2. The molecule has 0 aliphatic rings. The van der Waals surface area contributed by atoms with Gasteiger partial charge in [-0.05, 0) is 39.4 Å². The van der Waals surface area contributed by atoms with E-state index < -0.39 is 14.3 Å². The quantitative estimate of drug-likeness (QED) is 0.548. The van der Waals surface area contributed by atoms with Crippen LogP contribution in [-0.4, -0.2) is 25.5 Å². The fraction of sp³-hybridized carbons (Fsp3) is 0.700. The topological polar surface area (TPSA) is 46.5 Å². The number of carbonyl (C=O) groups is 1. The van der Waals surface area contributed by atoms with Gasteiger partial charge >= 0.3 is 5.97 Å². The lowest BCUT2D eigenvalue weighted by molar-refractivity contribution is -0.132. The van der Waals surface area contributed by atoms with Gasteiger partial charge < -0.3 is 9.53 Å². The van der Waals surface area contributed by atoms with Crippen molar-refractivity contribution in [2.24, 2.45) is 0 Å². The van der Waals surface area contributed by atoms with Crippen LogP contribution in [0.4, 0.5) is 0 Å². The first-order chi connectivity index (χ1) is 6.22. The SMILES string of the molecule is C=C(CCC(C)O[Si](C)(C)C)C(=O)O. The summed E-state index contributed by atoms with van der Waals surface area (Å²) in [5.74, 6) is -0.912. The molecule has 0 amide bonds. The van der Waals surface area contributed by atoms with E-state index in [-0.39, 0.29) is 11.7 Å². The molecule has 0 aliphatic carbocycles. The average Bonchev–Trinajstić information content (AvgIpc) is 1.96. The zero-order valence-corrected chi connectivity index (χ0v) is 10.5. The van der Waals surface area contributed by atoms with Crippen molar-refractivity contribution in [3.63, 3.8) is 0 Å². The molecular formula is C10H20O3Si. The van der Waals surface area contributed by atoms with E-state index in [0.29, 0.717) is 6.42 Å². The summed E-state index contributed by atoms with van der Waals surface area (Å²) in [5.41, 5.74) is 0.260. The molecule has 0 rings (SSSR count). The van der Waals surface area contributed by atoms with Crippen molar-refractivity contribution in [3.05, 3.63) is 12.2 Å². The molecule has 14 heavy (non-hydrogen) atoms. The molecule has 4 heteroatoms. The third-order valence-corrected chi connectivity index (χ3v) is 2.82. The van der Waals surface area contributed by atoms with E-state index in [0.717, 1.165) is 6.42 Å². The lowest BCUT2D eigenvalue weighted by Gasteiger charge is -2.23. The highest BCUT2D eigenvalue weighted by Gasteiger charge is 2.18. The van der Waals surface area contributed by atoms with Gasteiger partial charge in [0.15, 0.2) is 8.32 Å². The van der Waals surface area contributed by atoms with Crippen molar-refractivity contribution in [1.29, 1.82) is 0 Å². The van der Waals surface area contributed by atoms with Crippen LogP contribution in [0.1, 0.15) is 19.8 Å². The molecule has 0 aromatic heterocycles. The number of aliphatic carboxylic acids is 1. The molecule has 82 valence electrons. The molecule has 0 aliphatic heterocycles. The number of carboxylic acid groups (broad SMARTS) is 1. The third kappa shape index (κ3) is 6.86. The summed E-state index contributed by atoms with van der Waals surface area (Å²) in [6, 6.07) is 0. The van der Waals surface area contributed by atoms with E-state index in [9.17, 15) is 4.79 Å². The second-order valence-electron chi connectivity index (χ2n) is 4.49. The van der Waals surface area contributed by atoms with Gasteiger partial charge in [0.05, 0.1) is 0 Å². The Kier molecular flexibility index (Phi) is 5.08. The van der Waals surface area contributed by atoms with E-state index in [1.165, 1.54) is 0 Å². The van der Waals surface area contributed by atoms with Gasteiger partial charge in [0, 0.05) is 11.7 Å². The van der Waals surface area contributed by atoms with E-state index in [4.69, 9.17) is 9.53 Å². The summed E-state index contributed by atoms with van der Waals surface area (Å²) in [5, 5.41) is 8.60. The van der Waals surface area contributed by atoms with Crippen LogP contribution in [0.25, 0.3) is 0 Å². The number of rotatable bonds is 6. The van der Waals surface area contributed by atoms with Crippen LogP contribution < -0.4 is 0 Å². The molecule has 0 saturated heterocycles. The van der Waals surface area contributed by atoms with Crippen LogP contribution in [0, 0.1) is 0 Å². The zero-order valence-electron chi connectivity index (χ0n) is 9.46. The van der Waals surface area contributed by atoms with Crippen LogP contribution in [0.5, 0.6) is 0 Å². The first-order valence-corrected chi connectivity index (χ1v) is 8.22. The normalized spacial score (nSPS) is 13.7. The largest absolute Gasteiger partial charge is 0.478 e. The van der Waals surface area contributed by atoms with Gasteiger partial charge in [-0.25, -0.2) is 4.79 Å². The highest BCUT2D eigenvalue weighted by Crippen LogP contribution is 2.13. The van der Waals surface area contributed by atoms with Crippen molar-refractivity contribution in [1.82, 2.24) is 0 Å². The van der Waals surface area contributed by atoms with Crippen LogP contribution in [0.15, 0.2) is 12.2 Å². The zero-order chi connectivity index (χ0) is 11.4. The maximum absolute atomic E-state index is 10.5. The average molecular weight is 216 g/mol. The first-order valence-electron chi connectivity index (χ1n) is 4.81. The molecule has 3 nitrogen and oxygen atoms in total. The Morgan fingerprint density at radius 2 is 2.00 bits per heavy atom. The van der Waals surface area contributed by atoms with Gasteiger partial charge in [0.2, 0.25) is 0 Å².